The van der Waals surface area contributed by atoms with Gasteiger partial charge in [0.2, 0.25) is 10.0 Å². The number of rotatable bonds is 6. The van der Waals surface area contributed by atoms with Gasteiger partial charge in [-0.1, -0.05) is 13.8 Å². The fourth-order valence-electron chi connectivity index (χ4n) is 2.51. The highest BCUT2D eigenvalue weighted by atomic mass is 32.2. The largest absolute Gasteiger partial charge is 0.312 e. The molecule has 2 rings (SSSR count). The molecule has 0 amide bonds. The zero-order chi connectivity index (χ0) is 14.6. The van der Waals surface area contributed by atoms with E-state index in [0.717, 1.165) is 49.6 Å². The smallest absolute Gasteiger partial charge is 0.241 e. The molecule has 0 saturated heterocycles. The monoisotopic (exact) mass is 316 g/mol. The molecular formula is C14H24N2O2S2. The minimum absolute atomic E-state index is 0.105. The van der Waals surface area contributed by atoms with Crippen LogP contribution in [0.4, 0.5) is 0 Å². The third-order valence-electron chi connectivity index (χ3n) is 3.83. The van der Waals surface area contributed by atoms with E-state index in [0.29, 0.717) is 4.90 Å². The third kappa shape index (κ3) is 4.28. The highest BCUT2D eigenvalue weighted by molar-refractivity contribution is 7.89. The summed E-state index contributed by atoms with van der Waals surface area (Å²) < 4.78 is 27.5. The minimum atomic E-state index is -3.35. The van der Waals surface area contributed by atoms with Gasteiger partial charge in [-0.15, -0.1) is 11.3 Å². The molecule has 0 aliphatic heterocycles. The Bertz CT molecular complexity index is 517. The molecule has 0 radical (unpaired) electrons. The van der Waals surface area contributed by atoms with E-state index in [1.165, 1.54) is 11.3 Å². The maximum Gasteiger partial charge on any atom is 0.241 e. The van der Waals surface area contributed by atoms with Crippen molar-refractivity contribution in [1.29, 1.82) is 0 Å². The van der Waals surface area contributed by atoms with Crippen LogP contribution in [0.1, 0.15) is 44.4 Å². The zero-order valence-electron chi connectivity index (χ0n) is 12.2. The van der Waals surface area contributed by atoms with Crippen molar-refractivity contribution in [3.05, 3.63) is 16.3 Å². The summed E-state index contributed by atoms with van der Waals surface area (Å²) in [7, 11) is -3.35. The number of thiophene rings is 1. The first-order chi connectivity index (χ1) is 9.51. The maximum absolute atomic E-state index is 12.3. The number of nitrogens with one attached hydrogen (secondary N) is 2. The Balaban J connectivity index is 1.97. The van der Waals surface area contributed by atoms with Crippen molar-refractivity contribution in [3.8, 4) is 0 Å². The van der Waals surface area contributed by atoms with Gasteiger partial charge >= 0.3 is 0 Å². The molecule has 0 spiro atoms. The molecule has 2 N–H and O–H groups in total. The Morgan fingerprint density at radius 3 is 2.65 bits per heavy atom. The van der Waals surface area contributed by atoms with Gasteiger partial charge in [-0.2, -0.15) is 0 Å². The minimum Gasteiger partial charge on any atom is -0.312 e. The molecule has 4 nitrogen and oxygen atoms in total. The molecule has 0 atom stereocenters. The summed E-state index contributed by atoms with van der Waals surface area (Å²) in [5.41, 5.74) is 0. The topological polar surface area (TPSA) is 58.2 Å². The molecule has 1 aliphatic carbocycles. The first kappa shape index (κ1) is 15.9. The number of hydrogen-bond donors (Lipinski definition) is 2. The van der Waals surface area contributed by atoms with Crippen LogP contribution in [-0.4, -0.2) is 21.0 Å². The molecule has 0 bridgehead atoms. The Morgan fingerprint density at radius 2 is 2.00 bits per heavy atom. The van der Waals surface area contributed by atoms with E-state index in [2.05, 4.69) is 17.0 Å². The van der Waals surface area contributed by atoms with Gasteiger partial charge in [-0.05, 0) is 44.2 Å². The van der Waals surface area contributed by atoms with Crippen molar-refractivity contribution in [2.24, 2.45) is 5.92 Å². The normalized spacial score (nSPS) is 23.9. The lowest BCUT2D eigenvalue weighted by Crippen LogP contribution is -2.37. The lowest BCUT2D eigenvalue weighted by Gasteiger charge is -2.26. The second kappa shape index (κ2) is 7.02. The Kier molecular flexibility index (Phi) is 5.60. The van der Waals surface area contributed by atoms with Crippen LogP contribution in [0.3, 0.4) is 0 Å². The quantitative estimate of drug-likeness (QED) is 0.848. The van der Waals surface area contributed by atoms with Crippen molar-refractivity contribution in [3.63, 3.8) is 0 Å². The van der Waals surface area contributed by atoms with Crippen LogP contribution in [-0.2, 0) is 16.6 Å². The molecule has 0 aromatic carbocycles. The lowest BCUT2D eigenvalue weighted by molar-refractivity contribution is 0.332. The van der Waals surface area contributed by atoms with Crippen molar-refractivity contribution in [2.45, 2.75) is 57.0 Å². The molecule has 1 aromatic rings. The van der Waals surface area contributed by atoms with Gasteiger partial charge < -0.3 is 5.32 Å². The summed E-state index contributed by atoms with van der Waals surface area (Å²) in [6.07, 6.45) is 4.13. The van der Waals surface area contributed by atoms with Gasteiger partial charge in [-0.25, -0.2) is 13.1 Å². The fraction of sp³-hybridized carbons (Fsp3) is 0.714. The van der Waals surface area contributed by atoms with E-state index >= 15 is 0 Å². The molecule has 1 fully saturated rings. The fourth-order valence-corrected chi connectivity index (χ4v) is 5.06. The molecular weight excluding hydrogens is 292 g/mol. The first-order valence-electron chi connectivity index (χ1n) is 7.31. The molecule has 1 aliphatic rings. The highest BCUT2D eigenvalue weighted by Crippen LogP contribution is 2.26. The predicted octanol–water partition coefficient (Wildman–Crippen LogP) is 2.71. The average Bonchev–Trinajstić information content (AvgIpc) is 2.88. The number of sulfonamides is 1. The summed E-state index contributed by atoms with van der Waals surface area (Å²) in [6.45, 7) is 5.89. The van der Waals surface area contributed by atoms with E-state index in [9.17, 15) is 8.42 Å². The molecule has 1 aromatic heterocycles. The lowest BCUT2D eigenvalue weighted by atomic mass is 9.88. The zero-order valence-corrected chi connectivity index (χ0v) is 13.8. The van der Waals surface area contributed by atoms with Gasteiger partial charge in [-0.3, -0.25) is 0 Å². The molecule has 114 valence electrons. The molecule has 20 heavy (non-hydrogen) atoms. The van der Waals surface area contributed by atoms with E-state index in [1.54, 1.807) is 11.4 Å². The summed E-state index contributed by atoms with van der Waals surface area (Å²) in [5.74, 6) is 0.726. The second-order valence-corrected chi connectivity index (χ2v) is 8.32. The summed E-state index contributed by atoms with van der Waals surface area (Å²) in [6, 6.07) is 1.88. The van der Waals surface area contributed by atoms with Crippen LogP contribution >= 0.6 is 11.3 Å². The Morgan fingerprint density at radius 1 is 1.30 bits per heavy atom. The van der Waals surface area contributed by atoms with E-state index < -0.39 is 10.0 Å². The van der Waals surface area contributed by atoms with E-state index in [4.69, 9.17) is 0 Å². The van der Waals surface area contributed by atoms with E-state index in [-0.39, 0.29) is 6.04 Å². The summed E-state index contributed by atoms with van der Waals surface area (Å²) >= 11 is 1.50. The summed E-state index contributed by atoms with van der Waals surface area (Å²) in [5, 5.41) is 4.95. The molecule has 0 unspecified atom stereocenters. The van der Waals surface area contributed by atoms with Gasteiger partial charge in [0, 0.05) is 22.8 Å². The first-order valence-corrected chi connectivity index (χ1v) is 9.68. The van der Waals surface area contributed by atoms with Crippen LogP contribution in [0, 0.1) is 5.92 Å². The average molecular weight is 316 g/mol. The standard InChI is InChI=1S/C14H24N2O2S2/c1-3-15-9-13-8-14(10-19-13)20(17,18)16-12-6-4-11(2)5-7-12/h8,10-12,15-16H,3-7,9H2,1-2H3. The van der Waals surface area contributed by atoms with Crippen LogP contribution in [0.5, 0.6) is 0 Å². The van der Waals surface area contributed by atoms with Crippen molar-refractivity contribution in [1.82, 2.24) is 10.0 Å². The van der Waals surface area contributed by atoms with Gasteiger partial charge in [0.1, 0.15) is 0 Å². The van der Waals surface area contributed by atoms with Crippen molar-refractivity contribution in [2.75, 3.05) is 6.54 Å². The van der Waals surface area contributed by atoms with Crippen LogP contribution in [0.2, 0.25) is 0 Å². The van der Waals surface area contributed by atoms with Crippen LogP contribution < -0.4 is 10.0 Å². The molecule has 6 heteroatoms. The Hall–Kier alpha value is -0.430. The van der Waals surface area contributed by atoms with Crippen LogP contribution in [0.25, 0.3) is 0 Å². The Labute approximate surface area is 126 Å². The van der Waals surface area contributed by atoms with Gasteiger partial charge in [0.15, 0.2) is 0 Å². The number of hydrogen-bond acceptors (Lipinski definition) is 4. The second-order valence-electron chi connectivity index (χ2n) is 5.61. The summed E-state index contributed by atoms with van der Waals surface area (Å²) in [4.78, 5) is 1.47. The maximum atomic E-state index is 12.3. The van der Waals surface area contributed by atoms with Crippen molar-refractivity contribution < 1.29 is 8.42 Å². The van der Waals surface area contributed by atoms with Crippen LogP contribution in [0.15, 0.2) is 16.3 Å². The SMILES string of the molecule is CCNCc1cc(S(=O)(=O)NC2CCC(C)CC2)cs1. The van der Waals surface area contributed by atoms with Gasteiger partial charge in [0.25, 0.3) is 0 Å². The van der Waals surface area contributed by atoms with E-state index in [1.807, 2.05) is 6.92 Å². The van der Waals surface area contributed by atoms with Gasteiger partial charge in [0.05, 0.1) is 4.90 Å². The highest BCUT2D eigenvalue weighted by Gasteiger charge is 2.24. The van der Waals surface area contributed by atoms with Crippen molar-refractivity contribution >= 4 is 21.4 Å². The predicted molar refractivity (Wildman–Crippen MR) is 83.4 cm³/mol. The molecule has 1 heterocycles. The molecule has 1 saturated carbocycles. The third-order valence-corrected chi connectivity index (χ3v) is 6.41.